The maximum Gasteiger partial charge on any atom is 0.253 e. The van der Waals surface area contributed by atoms with Crippen LogP contribution < -0.4 is 5.32 Å². The molecule has 0 bridgehead atoms. The molecule has 3 heterocycles. The van der Waals surface area contributed by atoms with Crippen LogP contribution in [0.15, 0.2) is 30.3 Å². The van der Waals surface area contributed by atoms with Crippen LogP contribution in [0, 0.1) is 20.8 Å². The highest BCUT2D eigenvalue weighted by Gasteiger charge is 2.41. The van der Waals surface area contributed by atoms with Gasteiger partial charge in [-0.3, -0.25) is 19.3 Å². The minimum absolute atomic E-state index is 0.0467. The highest BCUT2D eigenvalue weighted by molar-refractivity contribution is 6.00. The van der Waals surface area contributed by atoms with Crippen molar-refractivity contribution in [1.82, 2.24) is 19.7 Å². The number of hydrogen-bond donors (Lipinski definition) is 1. The van der Waals surface area contributed by atoms with E-state index >= 15 is 0 Å². The van der Waals surface area contributed by atoms with Crippen LogP contribution in [0.25, 0.3) is 0 Å². The molecule has 0 unspecified atom stereocenters. The van der Waals surface area contributed by atoms with Gasteiger partial charge in [0.2, 0.25) is 11.8 Å². The van der Waals surface area contributed by atoms with Crippen LogP contribution in [-0.4, -0.2) is 76.2 Å². The quantitative estimate of drug-likeness (QED) is 0.620. The molecule has 1 N–H and O–H groups in total. The van der Waals surface area contributed by atoms with E-state index in [-0.39, 0.29) is 23.8 Å². The minimum Gasteiger partial charge on any atom is -0.342 e. The average Bonchev–Trinajstić information content (AvgIpc) is 3.27. The van der Waals surface area contributed by atoms with Gasteiger partial charge in [0.15, 0.2) is 0 Å². The van der Waals surface area contributed by atoms with Gasteiger partial charge in [-0.1, -0.05) is 18.2 Å². The van der Waals surface area contributed by atoms with Gasteiger partial charge in [-0.25, -0.2) is 4.98 Å². The normalized spacial score (nSPS) is 18.8. The van der Waals surface area contributed by atoms with Crippen LogP contribution in [0.4, 0.5) is 5.82 Å². The van der Waals surface area contributed by atoms with Crippen molar-refractivity contribution in [3.8, 4) is 0 Å². The molecule has 4 rings (SSSR count). The molecule has 8 heteroatoms. The third-order valence-corrected chi connectivity index (χ3v) is 7.76. The molecule has 37 heavy (non-hydrogen) atoms. The molecular formula is C29H39N5O3. The van der Waals surface area contributed by atoms with E-state index in [2.05, 4.69) is 47.2 Å². The summed E-state index contributed by atoms with van der Waals surface area (Å²) in [4.78, 5) is 49.1. The number of benzene rings is 1. The molecule has 3 amide bonds. The van der Waals surface area contributed by atoms with Gasteiger partial charge in [-0.05, 0) is 75.8 Å². The fourth-order valence-corrected chi connectivity index (χ4v) is 5.36. The lowest BCUT2D eigenvalue weighted by Crippen LogP contribution is -2.51. The fourth-order valence-electron chi connectivity index (χ4n) is 5.36. The molecule has 0 saturated carbocycles. The van der Waals surface area contributed by atoms with Crippen molar-refractivity contribution < 1.29 is 14.4 Å². The third-order valence-electron chi connectivity index (χ3n) is 7.76. The van der Waals surface area contributed by atoms with Gasteiger partial charge in [0.25, 0.3) is 5.91 Å². The monoisotopic (exact) mass is 505 g/mol. The van der Waals surface area contributed by atoms with E-state index in [1.807, 2.05) is 11.8 Å². The molecule has 1 atom stereocenters. The Morgan fingerprint density at radius 2 is 1.78 bits per heavy atom. The number of hydrogen-bond acceptors (Lipinski definition) is 5. The van der Waals surface area contributed by atoms with Gasteiger partial charge in [0, 0.05) is 56.9 Å². The lowest BCUT2D eigenvalue weighted by atomic mass is 10.0. The summed E-state index contributed by atoms with van der Waals surface area (Å²) in [6, 6.07) is 9.51. The molecule has 2 aromatic rings. The molecule has 2 fully saturated rings. The topological polar surface area (TPSA) is 85.8 Å². The van der Waals surface area contributed by atoms with E-state index in [0.717, 1.165) is 32.5 Å². The fraction of sp³-hybridized carbons (Fsp3) is 0.517. The predicted octanol–water partition coefficient (Wildman–Crippen LogP) is 3.69. The number of anilines is 1. The molecule has 2 saturated heterocycles. The Hall–Kier alpha value is -3.26. The summed E-state index contributed by atoms with van der Waals surface area (Å²) in [5.74, 6) is 0.0447. The first-order valence-corrected chi connectivity index (χ1v) is 13.3. The number of nitrogens with one attached hydrogen (secondary N) is 1. The predicted molar refractivity (Wildman–Crippen MR) is 144 cm³/mol. The number of rotatable bonds is 7. The highest BCUT2D eigenvalue weighted by Crippen LogP contribution is 2.29. The van der Waals surface area contributed by atoms with E-state index in [1.165, 1.54) is 16.7 Å². The lowest BCUT2D eigenvalue weighted by molar-refractivity contribution is -0.136. The van der Waals surface area contributed by atoms with Crippen molar-refractivity contribution in [3.05, 3.63) is 58.3 Å². The molecule has 2 aliphatic heterocycles. The zero-order chi connectivity index (χ0) is 26.7. The van der Waals surface area contributed by atoms with Crippen molar-refractivity contribution >= 4 is 23.5 Å². The second kappa shape index (κ2) is 11.4. The summed E-state index contributed by atoms with van der Waals surface area (Å²) >= 11 is 0. The SMILES string of the molecule is CCN(C)C(=O)c1cc(C)nc(NC(=O)[C@H]2CCC(=O)N2C2CCN(Cc3ccc(C)c(C)c3)CC2)c1. The maximum atomic E-state index is 13.3. The number of carbonyl (C=O) groups is 3. The maximum absolute atomic E-state index is 13.3. The van der Waals surface area contributed by atoms with Crippen LogP contribution in [0.3, 0.4) is 0 Å². The van der Waals surface area contributed by atoms with Gasteiger partial charge in [0.1, 0.15) is 11.9 Å². The van der Waals surface area contributed by atoms with Crippen LogP contribution in [-0.2, 0) is 16.1 Å². The van der Waals surface area contributed by atoms with Crippen LogP contribution >= 0.6 is 0 Å². The van der Waals surface area contributed by atoms with Gasteiger partial charge in [-0.2, -0.15) is 0 Å². The summed E-state index contributed by atoms with van der Waals surface area (Å²) in [5.41, 5.74) is 5.06. The Morgan fingerprint density at radius 3 is 2.46 bits per heavy atom. The van der Waals surface area contributed by atoms with E-state index in [9.17, 15) is 14.4 Å². The Morgan fingerprint density at radius 1 is 1.05 bits per heavy atom. The van der Waals surface area contributed by atoms with Gasteiger partial charge in [-0.15, -0.1) is 0 Å². The summed E-state index contributed by atoms with van der Waals surface area (Å²) in [5, 5.41) is 2.89. The standard InChI is InChI=1S/C29H39N5O3/c1-6-32(5)29(37)23-16-21(4)30-26(17-23)31-28(36)25-9-10-27(35)34(25)24-11-13-33(14-12-24)18-22-8-7-19(2)20(3)15-22/h7-8,15-17,24-25H,6,9-14,18H2,1-5H3,(H,30,31,36)/t25-/m1/s1. The molecule has 1 aromatic heterocycles. The van der Waals surface area contributed by atoms with Crippen molar-refractivity contribution in [2.75, 3.05) is 32.0 Å². The Labute approximate surface area is 220 Å². The molecule has 1 aromatic carbocycles. The molecule has 0 radical (unpaired) electrons. The molecule has 198 valence electrons. The highest BCUT2D eigenvalue weighted by atomic mass is 16.2. The number of piperidine rings is 1. The van der Waals surface area contributed by atoms with Crippen molar-refractivity contribution in [2.24, 2.45) is 0 Å². The van der Waals surface area contributed by atoms with Gasteiger partial charge >= 0.3 is 0 Å². The van der Waals surface area contributed by atoms with Crippen molar-refractivity contribution in [2.45, 2.75) is 72.0 Å². The zero-order valence-electron chi connectivity index (χ0n) is 22.7. The molecule has 8 nitrogen and oxygen atoms in total. The van der Waals surface area contributed by atoms with E-state index in [0.29, 0.717) is 36.5 Å². The van der Waals surface area contributed by atoms with Crippen molar-refractivity contribution in [1.29, 1.82) is 0 Å². The lowest BCUT2D eigenvalue weighted by Gasteiger charge is -2.39. The molecule has 0 aliphatic carbocycles. The van der Waals surface area contributed by atoms with E-state index < -0.39 is 6.04 Å². The Bertz CT molecular complexity index is 1170. The van der Waals surface area contributed by atoms with Gasteiger partial charge < -0.3 is 15.1 Å². The minimum atomic E-state index is -0.511. The Balaban J connectivity index is 1.39. The zero-order valence-corrected chi connectivity index (χ0v) is 22.7. The first kappa shape index (κ1) is 26.8. The number of pyridine rings is 1. The number of aryl methyl sites for hydroxylation is 3. The van der Waals surface area contributed by atoms with Crippen LogP contribution in [0.5, 0.6) is 0 Å². The average molecular weight is 506 g/mol. The number of amides is 3. The number of carbonyl (C=O) groups excluding carboxylic acids is 3. The summed E-state index contributed by atoms with van der Waals surface area (Å²) < 4.78 is 0. The van der Waals surface area contributed by atoms with E-state index in [4.69, 9.17) is 0 Å². The van der Waals surface area contributed by atoms with Crippen molar-refractivity contribution in [3.63, 3.8) is 0 Å². The Kier molecular flexibility index (Phi) is 8.27. The van der Waals surface area contributed by atoms with Crippen LogP contribution in [0.2, 0.25) is 0 Å². The second-order valence-electron chi connectivity index (χ2n) is 10.5. The summed E-state index contributed by atoms with van der Waals surface area (Å²) in [6.45, 7) is 11.3. The summed E-state index contributed by atoms with van der Waals surface area (Å²) in [6.07, 6.45) is 2.59. The number of nitrogens with zero attached hydrogens (tertiary/aromatic N) is 4. The third kappa shape index (κ3) is 6.18. The molecule has 2 aliphatic rings. The largest absolute Gasteiger partial charge is 0.342 e. The van der Waals surface area contributed by atoms with Crippen LogP contribution in [0.1, 0.15) is 65.3 Å². The number of likely N-dealkylation sites (tertiary alicyclic amines) is 2. The smallest absolute Gasteiger partial charge is 0.253 e. The first-order chi connectivity index (χ1) is 17.7. The van der Waals surface area contributed by atoms with E-state index in [1.54, 1.807) is 31.0 Å². The first-order valence-electron chi connectivity index (χ1n) is 13.3. The van der Waals surface area contributed by atoms with Gasteiger partial charge in [0.05, 0.1) is 0 Å². The second-order valence-corrected chi connectivity index (χ2v) is 10.5. The number of aromatic nitrogens is 1. The molecular weight excluding hydrogens is 466 g/mol. The molecule has 0 spiro atoms. The summed E-state index contributed by atoms with van der Waals surface area (Å²) in [7, 11) is 1.74.